The lowest BCUT2D eigenvalue weighted by Crippen LogP contribution is -2.33. The molecule has 3 N–H and O–H groups in total. The zero-order chi connectivity index (χ0) is 14.9. The van der Waals surface area contributed by atoms with Crippen LogP contribution >= 0.6 is 0 Å². The molecule has 1 aliphatic heterocycles. The predicted molar refractivity (Wildman–Crippen MR) is 86.8 cm³/mol. The molecule has 0 saturated carbocycles. The van der Waals surface area contributed by atoms with Gasteiger partial charge in [-0.1, -0.05) is 18.2 Å². The van der Waals surface area contributed by atoms with Gasteiger partial charge in [0, 0.05) is 23.3 Å². The van der Waals surface area contributed by atoms with Crippen LogP contribution in [-0.2, 0) is 11.2 Å². The third kappa shape index (κ3) is 2.30. The number of nitrogens with one attached hydrogen (secondary N) is 3. The summed E-state index contributed by atoms with van der Waals surface area (Å²) in [5.41, 5.74) is 4.09. The highest BCUT2D eigenvalue weighted by Crippen LogP contribution is 2.25. The van der Waals surface area contributed by atoms with Gasteiger partial charge >= 0.3 is 0 Å². The molecule has 0 spiro atoms. The highest BCUT2D eigenvalue weighted by atomic mass is 16.1. The lowest BCUT2D eigenvalue weighted by Gasteiger charge is -2.25. The molecule has 5 heteroatoms. The molecule has 1 aliphatic rings. The number of aromatic nitrogens is 2. The molecule has 3 aromatic rings. The number of anilines is 2. The van der Waals surface area contributed by atoms with E-state index in [-0.39, 0.29) is 11.8 Å². The van der Waals surface area contributed by atoms with Crippen LogP contribution in [0.25, 0.3) is 10.9 Å². The number of para-hydroxylation sites is 1. The summed E-state index contributed by atoms with van der Waals surface area (Å²) in [6, 6.07) is 13.9. The lowest BCUT2D eigenvalue weighted by atomic mass is 9.93. The molecule has 0 bridgehead atoms. The first-order valence-corrected chi connectivity index (χ1v) is 7.35. The first-order chi connectivity index (χ1) is 10.8. The van der Waals surface area contributed by atoms with E-state index < -0.39 is 0 Å². The van der Waals surface area contributed by atoms with Gasteiger partial charge in [-0.05, 0) is 36.2 Å². The van der Waals surface area contributed by atoms with Crippen molar-refractivity contribution in [1.29, 1.82) is 0 Å². The number of hydrogen-bond donors (Lipinski definition) is 3. The molecule has 0 aliphatic carbocycles. The van der Waals surface area contributed by atoms with Gasteiger partial charge in [-0.2, -0.15) is 5.10 Å². The molecule has 1 atom stereocenters. The summed E-state index contributed by atoms with van der Waals surface area (Å²) in [5, 5.41) is 14.2. The second-order valence-corrected chi connectivity index (χ2v) is 5.60. The van der Waals surface area contributed by atoms with Crippen molar-refractivity contribution < 1.29 is 4.79 Å². The molecular weight excluding hydrogens is 276 g/mol. The maximum Gasteiger partial charge on any atom is 0.229 e. The molecule has 22 heavy (non-hydrogen) atoms. The Morgan fingerprint density at radius 1 is 1.23 bits per heavy atom. The van der Waals surface area contributed by atoms with Gasteiger partial charge in [-0.15, -0.1) is 0 Å². The van der Waals surface area contributed by atoms with Gasteiger partial charge in [0.25, 0.3) is 0 Å². The predicted octanol–water partition coefficient (Wildman–Crippen LogP) is 2.79. The average Bonchev–Trinajstić information content (AvgIpc) is 3.02. The van der Waals surface area contributed by atoms with Crippen molar-refractivity contribution in [3.63, 3.8) is 0 Å². The van der Waals surface area contributed by atoms with Gasteiger partial charge in [0.15, 0.2) is 0 Å². The number of amides is 1. The summed E-state index contributed by atoms with van der Waals surface area (Å²) < 4.78 is 0. The molecule has 0 saturated heterocycles. The van der Waals surface area contributed by atoms with Gasteiger partial charge in [0.1, 0.15) is 0 Å². The van der Waals surface area contributed by atoms with Gasteiger partial charge in [-0.3, -0.25) is 9.89 Å². The standard InChI is InChI=1S/C17H16N4O/c22-17(13-7-11-3-1-2-4-15(11)18-9-13)20-14-5-6-16-12(8-14)10-19-21-16/h1-6,8,10,13,18H,7,9H2,(H,19,21)(H,20,22). The Labute approximate surface area is 127 Å². The topological polar surface area (TPSA) is 69.8 Å². The maximum atomic E-state index is 12.5. The third-order valence-corrected chi connectivity index (χ3v) is 4.10. The van der Waals surface area contributed by atoms with Crippen LogP contribution in [-0.4, -0.2) is 22.6 Å². The van der Waals surface area contributed by atoms with E-state index in [1.165, 1.54) is 5.56 Å². The van der Waals surface area contributed by atoms with E-state index in [0.717, 1.165) is 28.7 Å². The van der Waals surface area contributed by atoms with Crippen LogP contribution in [0.2, 0.25) is 0 Å². The highest BCUT2D eigenvalue weighted by molar-refractivity contribution is 5.95. The second-order valence-electron chi connectivity index (χ2n) is 5.60. The van der Waals surface area contributed by atoms with Gasteiger partial charge in [0.2, 0.25) is 5.91 Å². The normalized spacial score (nSPS) is 16.8. The number of fused-ring (bicyclic) bond motifs is 2. The summed E-state index contributed by atoms with van der Waals surface area (Å²) in [4.78, 5) is 12.5. The molecular formula is C17H16N4O. The molecule has 2 aromatic carbocycles. The Hall–Kier alpha value is -2.82. The van der Waals surface area contributed by atoms with Crippen molar-refractivity contribution in [2.45, 2.75) is 6.42 Å². The number of hydrogen-bond acceptors (Lipinski definition) is 3. The van der Waals surface area contributed by atoms with E-state index in [2.05, 4.69) is 33.0 Å². The van der Waals surface area contributed by atoms with Crippen molar-refractivity contribution in [3.05, 3.63) is 54.2 Å². The molecule has 1 aromatic heterocycles. The number of nitrogens with zero attached hydrogens (tertiary/aromatic N) is 1. The van der Waals surface area contributed by atoms with Crippen LogP contribution in [0.5, 0.6) is 0 Å². The smallest absolute Gasteiger partial charge is 0.229 e. The fourth-order valence-electron chi connectivity index (χ4n) is 2.89. The second kappa shape index (κ2) is 5.18. The minimum atomic E-state index is -0.0602. The summed E-state index contributed by atoms with van der Waals surface area (Å²) in [5.74, 6) is -0.0141. The van der Waals surface area contributed by atoms with Crippen LogP contribution < -0.4 is 10.6 Å². The maximum absolute atomic E-state index is 12.5. The lowest BCUT2D eigenvalue weighted by molar-refractivity contribution is -0.119. The summed E-state index contributed by atoms with van der Waals surface area (Å²) in [6.07, 6.45) is 2.52. The van der Waals surface area contributed by atoms with E-state index in [4.69, 9.17) is 0 Å². The Morgan fingerprint density at radius 3 is 3.09 bits per heavy atom. The van der Waals surface area contributed by atoms with Crippen molar-refractivity contribution in [1.82, 2.24) is 10.2 Å². The summed E-state index contributed by atoms with van der Waals surface area (Å²) in [6.45, 7) is 0.663. The third-order valence-electron chi connectivity index (χ3n) is 4.10. The molecule has 5 nitrogen and oxygen atoms in total. The van der Waals surface area contributed by atoms with Gasteiger partial charge in [-0.25, -0.2) is 0 Å². The monoisotopic (exact) mass is 292 g/mol. The van der Waals surface area contributed by atoms with Crippen molar-refractivity contribution in [2.24, 2.45) is 5.92 Å². The number of benzene rings is 2. The van der Waals surface area contributed by atoms with Crippen molar-refractivity contribution >= 4 is 28.2 Å². The number of rotatable bonds is 2. The largest absolute Gasteiger partial charge is 0.384 e. The molecule has 2 heterocycles. The Kier molecular flexibility index (Phi) is 3.04. The highest BCUT2D eigenvalue weighted by Gasteiger charge is 2.24. The van der Waals surface area contributed by atoms with Crippen LogP contribution in [0.4, 0.5) is 11.4 Å². The zero-order valence-corrected chi connectivity index (χ0v) is 12.0. The minimum absolute atomic E-state index is 0.0462. The van der Waals surface area contributed by atoms with Crippen LogP contribution in [0.3, 0.4) is 0 Å². The molecule has 0 radical (unpaired) electrons. The van der Waals surface area contributed by atoms with Crippen molar-refractivity contribution in [3.8, 4) is 0 Å². The Bertz CT molecular complexity index is 839. The number of carbonyl (C=O) groups excluding carboxylic acids is 1. The first kappa shape index (κ1) is 12.9. The van der Waals surface area contributed by atoms with Gasteiger partial charge in [0.05, 0.1) is 17.6 Å². The van der Waals surface area contributed by atoms with Gasteiger partial charge < -0.3 is 10.6 Å². The minimum Gasteiger partial charge on any atom is -0.384 e. The molecule has 1 unspecified atom stereocenters. The van der Waals surface area contributed by atoms with E-state index in [0.29, 0.717) is 6.54 Å². The van der Waals surface area contributed by atoms with E-state index in [1.807, 2.05) is 30.3 Å². The number of H-pyrrole nitrogens is 1. The fourth-order valence-corrected chi connectivity index (χ4v) is 2.89. The Balaban J connectivity index is 1.50. The van der Waals surface area contributed by atoms with Crippen LogP contribution in [0.1, 0.15) is 5.56 Å². The quantitative estimate of drug-likeness (QED) is 0.680. The zero-order valence-electron chi connectivity index (χ0n) is 12.0. The fraction of sp³-hybridized carbons (Fsp3) is 0.176. The summed E-state index contributed by atoms with van der Waals surface area (Å²) in [7, 11) is 0. The van der Waals surface area contributed by atoms with E-state index in [1.54, 1.807) is 6.20 Å². The Morgan fingerprint density at radius 2 is 2.14 bits per heavy atom. The molecule has 1 amide bonds. The summed E-state index contributed by atoms with van der Waals surface area (Å²) >= 11 is 0. The van der Waals surface area contributed by atoms with E-state index in [9.17, 15) is 4.79 Å². The molecule has 4 rings (SSSR count). The average molecular weight is 292 g/mol. The SMILES string of the molecule is O=C(Nc1ccc2[nH]ncc2c1)C1CNc2ccccc2C1. The van der Waals surface area contributed by atoms with Crippen LogP contribution in [0.15, 0.2) is 48.7 Å². The van der Waals surface area contributed by atoms with Crippen molar-refractivity contribution in [2.75, 3.05) is 17.2 Å². The molecule has 110 valence electrons. The number of aromatic amines is 1. The molecule has 0 fully saturated rings. The van der Waals surface area contributed by atoms with Crippen LogP contribution in [0, 0.1) is 5.92 Å². The first-order valence-electron chi connectivity index (χ1n) is 7.35. The van der Waals surface area contributed by atoms with E-state index >= 15 is 0 Å². The number of carbonyl (C=O) groups is 1.